The van der Waals surface area contributed by atoms with Gasteiger partial charge in [-0.2, -0.15) is 0 Å². The van der Waals surface area contributed by atoms with Crippen molar-refractivity contribution in [3.05, 3.63) is 68.8 Å². The van der Waals surface area contributed by atoms with Gasteiger partial charge in [-0.05, 0) is 83.5 Å². The monoisotopic (exact) mass is 532 g/mol. The molecule has 1 saturated heterocycles. The molecule has 31 heavy (non-hydrogen) atoms. The number of hydrogen-bond donors (Lipinski definition) is 1. The van der Waals surface area contributed by atoms with Gasteiger partial charge in [0, 0.05) is 0 Å². The van der Waals surface area contributed by atoms with E-state index in [4.69, 9.17) is 9.47 Å². The molecule has 1 fully saturated rings. The van der Waals surface area contributed by atoms with Crippen LogP contribution >= 0.6 is 22.6 Å². The molecule has 1 aliphatic rings. The summed E-state index contributed by atoms with van der Waals surface area (Å²) in [5.41, 5.74) is 2.59. The molecular weight excluding hydrogens is 511 g/mol. The number of carbonyl (C=O) groups excluding carboxylic acids is 3. The minimum Gasteiger partial charge on any atom is -0.493 e. The number of ether oxygens (including phenoxy) is 2. The van der Waals surface area contributed by atoms with E-state index in [1.807, 2.05) is 19.9 Å². The molecule has 4 amide bonds. The van der Waals surface area contributed by atoms with Crippen LogP contribution in [0.25, 0.3) is 6.08 Å². The number of rotatable bonds is 6. The maximum atomic E-state index is 13.1. The minimum absolute atomic E-state index is 0.156. The second-order valence-electron chi connectivity index (χ2n) is 6.94. The topological polar surface area (TPSA) is 84.9 Å². The van der Waals surface area contributed by atoms with E-state index in [-0.39, 0.29) is 5.57 Å². The highest BCUT2D eigenvalue weighted by Crippen LogP contribution is 2.35. The Kier molecular flexibility index (Phi) is 6.79. The number of aryl methyl sites for hydroxylation is 2. The van der Waals surface area contributed by atoms with Crippen LogP contribution in [0.2, 0.25) is 0 Å². The van der Waals surface area contributed by atoms with Crippen molar-refractivity contribution >= 4 is 52.2 Å². The van der Waals surface area contributed by atoms with Gasteiger partial charge >= 0.3 is 6.03 Å². The van der Waals surface area contributed by atoms with Crippen molar-refractivity contribution in [1.82, 2.24) is 5.32 Å². The summed E-state index contributed by atoms with van der Waals surface area (Å²) in [7, 11) is 1.50. The molecule has 0 bridgehead atoms. The average molecular weight is 532 g/mol. The van der Waals surface area contributed by atoms with Gasteiger partial charge in [0.1, 0.15) is 12.2 Å². The predicted molar refractivity (Wildman–Crippen MR) is 126 cm³/mol. The highest BCUT2D eigenvalue weighted by Gasteiger charge is 2.37. The Bertz CT molecular complexity index is 1100. The number of nitrogens with one attached hydrogen (secondary N) is 1. The summed E-state index contributed by atoms with van der Waals surface area (Å²) >= 11 is 2.08. The number of benzene rings is 2. The van der Waals surface area contributed by atoms with Crippen LogP contribution in [0.15, 0.2) is 48.6 Å². The van der Waals surface area contributed by atoms with Gasteiger partial charge in [0.25, 0.3) is 11.8 Å². The number of halogens is 1. The molecule has 0 spiro atoms. The Labute approximate surface area is 193 Å². The van der Waals surface area contributed by atoms with E-state index in [0.29, 0.717) is 29.4 Å². The third kappa shape index (κ3) is 4.79. The predicted octanol–water partition coefficient (Wildman–Crippen LogP) is 4.15. The molecular formula is C23H21IN2O5. The highest BCUT2D eigenvalue weighted by atomic mass is 127. The summed E-state index contributed by atoms with van der Waals surface area (Å²) in [5, 5.41) is 2.24. The lowest BCUT2D eigenvalue weighted by Crippen LogP contribution is -2.54. The first-order valence-electron chi connectivity index (χ1n) is 9.36. The fourth-order valence-corrected chi connectivity index (χ4v) is 4.02. The van der Waals surface area contributed by atoms with Crippen LogP contribution in [0.1, 0.15) is 16.7 Å². The zero-order chi connectivity index (χ0) is 22.7. The first kappa shape index (κ1) is 22.5. The lowest BCUT2D eigenvalue weighted by atomic mass is 10.0. The zero-order valence-electron chi connectivity index (χ0n) is 17.3. The van der Waals surface area contributed by atoms with Gasteiger partial charge in [-0.1, -0.05) is 18.7 Å². The van der Waals surface area contributed by atoms with Crippen molar-refractivity contribution in [2.24, 2.45) is 0 Å². The summed E-state index contributed by atoms with van der Waals surface area (Å²) in [5.74, 6) is -0.459. The Morgan fingerprint density at radius 1 is 1.10 bits per heavy atom. The number of barbiturate groups is 1. The number of imide groups is 2. The van der Waals surface area contributed by atoms with Gasteiger partial charge in [-0.15, -0.1) is 0 Å². The fraction of sp³-hybridized carbons (Fsp3) is 0.174. The number of methoxy groups -OCH3 is 1. The molecule has 2 aromatic rings. The summed E-state index contributed by atoms with van der Waals surface area (Å²) in [6, 6.07) is 8.00. The molecule has 1 heterocycles. The Balaban J connectivity index is 2.04. The normalized spacial score (nSPS) is 15.2. The van der Waals surface area contributed by atoms with Gasteiger partial charge in [0.15, 0.2) is 11.5 Å². The number of nitrogens with zero attached hydrogens (tertiary/aromatic N) is 1. The van der Waals surface area contributed by atoms with E-state index in [1.54, 1.807) is 30.3 Å². The van der Waals surface area contributed by atoms with E-state index < -0.39 is 17.8 Å². The van der Waals surface area contributed by atoms with Crippen molar-refractivity contribution in [3.63, 3.8) is 0 Å². The molecule has 7 nitrogen and oxygen atoms in total. The second-order valence-corrected chi connectivity index (χ2v) is 8.10. The fourth-order valence-electron chi connectivity index (χ4n) is 3.24. The second kappa shape index (κ2) is 9.34. The Morgan fingerprint density at radius 3 is 2.39 bits per heavy atom. The Hall–Kier alpha value is -3.14. The number of urea groups is 1. The van der Waals surface area contributed by atoms with E-state index in [0.717, 1.165) is 19.6 Å². The lowest BCUT2D eigenvalue weighted by Gasteiger charge is -2.27. The van der Waals surface area contributed by atoms with Gasteiger partial charge in [-0.25, -0.2) is 9.69 Å². The molecule has 1 aliphatic heterocycles. The van der Waals surface area contributed by atoms with Gasteiger partial charge < -0.3 is 9.47 Å². The number of amides is 4. The van der Waals surface area contributed by atoms with Crippen LogP contribution in [0, 0.1) is 17.4 Å². The summed E-state index contributed by atoms with van der Waals surface area (Å²) in [6.45, 7) is 7.68. The minimum atomic E-state index is -0.780. The molecule has 0 aliphatic carbocycles. The zero-order valence-corrected chi connectivity index (χ0v) is 19.5. The first-order chi connectivity index (χ1) is 14.7. The van der Waals surface area contributed by atoms with Crippen LogP contribution in [-0.2, 0) is 9.59 Å². The van der Waals surface area contributed by atoms with Crippen LogP contribution in [0.5, 0.6) is 11.5 Å². The largest absolute Gasteiger partial charge is 0.493 e. The third-order valence-electron chi connectivity index (χ3n) is 4.47. The van der Waals surface area contributed by atoms with Crippen LogP contribution in [0.3, 0.4) is 0 Å². The summed E-state index contributed by atoms with van der Waals surface area (Å²) in [6.07, 6.45) is 3.05. The van der Waals surface area contributed by atoms with E-state index in [1.165, 1.54) is 13.2 Å². The van der Waals surface area contributed by atoms with E-state index in [2.05, 4.69) is 34.5 Å². The third-order valence-corrected chi connectivity index (χ3v) is 5.28. The van der Waals surface area contributed by atoms with Crippen molar-refractivity contribution in [2.45, 2.75) is 13.8 Å². The number of hydrogen-bond acceptors (Lipinski definition) is 5. The number of anilines is 1. The standard InChI is InChI=1S/C23H21IN2O5/c1-5-6-31-20-18(24)11-15(12-19(20)30-4)10-17-21(27)25-23(29)26(22(17)28)16-8-13(2)7-14(3)9-16/h5,7-12H,1,6H2,2-4H3,(H,25,27,29)/b17-10+. The average Bonchev–Trinajstić information content (AvgIpc) is 2.69. The van der Waals surface area contributed by atoms with Gasteiger partial charge in [0.05, 0.1) is 16.4 Å². The van der Waals surface area contributed by atoms with Gasteiger partial charge in [0.2, 0.25) is 0 Å². The van der Waals surface area contributed by atoms with Crippen LogP contribution in [0.4, 0.5) is 10.5 Å². The maximum absolute atomic E-state index is 13.1. The van der Waals surface area contributed by atoms with E-state index >= 15 is 0 Å². The summed E-state index contributed by atoms with van der Waals surface area (Å²) < 4.78 is 11.8. The molecule has 0 atom stereocenters. The quantitative estimate of drug-likeness (QED) is 0.262. The molecule has 0 saturated carbocycles. The molecule has 8 heteroatoms. The van der Waals surface area contributed by atoms with Crippen LogP contribution < -0.4 is 19.7 Å². The lowest BCUT2D eigenvalue weighted by molar-refractivity contribution is -0.122. The molecule has 1 N–H and O–H groups in total. The molecule has 0 unspecified atom stereocenters. The maximum Gasteiger partial charge on any atom is 0.335 e. The van der Waals surface area contributed by atoms with Crippen molar-refractivity contribution in [3.8, 4) is 11.5 Å². The van der Waals surface area contributed by atoms with Crippen molar-refractivity contribution < 1.29 is 23.9 Å². The highest BCUT2D eigenvalue weighted by molar-refractivity contribution is 14.1. The van der Waals surface area contributed by atoms with Crippen molar-refractivity contribution in [2.75, 3.05) is 18.6 Å². The van der Waals surface area contributed by atoms with Crippen LogP contribution in [-0.4, -0.2) is 31.6 Å². The van der Waals surface area contributed by atoms with E-state index in [9.17, 15) is 14.4 Å². The Morgan fingerprint density at radius 2 is 1.77 bits per heavy atom. The molecule has 2 aromatic carbocycles. The molecule has 3 rings (SSSR count). The van der Waals surface area contributed by atoms with Crippen molar-refractivity contribution in [1.29, 1.82) is 0 Å². The molecule has 160 valence electrons. The summed E-state index contributed by atoms with van der Waals surface area (Å²) in [4.78, 5) is 39.0. The first-order valence-corrected chi connectivity index (χ1v) is 10.4. The van der Waals surface area contributed by atoms with Gasteiger partial charge in [-0.3, -0.25) is 14.9 Å². The smallest absolute Gasteiger partial charge is 0.335 e. The molecule has 0 aromatic heterocycles. The number of carbonyl (C=O) groups is 3. The SMILES string of the molecule is C=CCOc1c(I)cc(/C=C2\C(=O)NC(=O)N(c3cc(C)cc(C)c3)C2=O)cc1OC. The molecule has 0 radical (unpaired) electrons.